The Balaban J connectivity index is 2.16. The number of nitrogens with two attached hydrogens (primary N) is 3. The molecule has 0 aliphatic heterocycles. The highest BCUT2D eigenvalue weighted by atomic mass is 32.1. The quantitative estimate of drug-likeness (QED) is 0.585. The Morgan fingerprint density at radius 2 is 2.10 bits per heavy atom. The van der Waals surface area contributed by atoms with E-state index in [-0.39, 0.29) is 16.1 Å². The third kappa shape index (κ3) is 2.72. The van der Waals surface area contributed by atoms with Crippen LogP contribution in [0.1, 0.15) is 20.0 Å². The van der Waals surface area contributed by atoms with Crippen molar-refractivity contribution >= 4 is 33.8 Å². The number of nitrogens with zero attached hydrogens (tertiary/aromatic N) is 2. The first-order chi connectivity index (χ1) is 9.50. The lowest BCUT2D eigenvalue weighted by atomic mass is 10.2. The van der Waals surface area contributed by atoms with Crippen molar-refractivity contribution in [3.8, 4) is 0 Å². The number of carbonyl (C=O) groups is 2. The average Bonchev–Trinajstić information content (AvgIpc) is 2.97. The van der Waals surface area contributed by atoms with Crippen LogP contribution in [0.3, 0.4) is 0 Å². The van der Waals surface area contributed by atoms with E-state index < -0.39 is 11.8 Å². The van der Waals surface area contributed by atoms with Gasteiger partial charge >= 0.3 is 0 Å². The van der Waals surface area contributed by atoms with E-state index in [0.29, 0.717) is 18.1 Å². The molecule has 7 N–H and O–H groups in total. The first-order valence-electron chi connectivity index (χ1n) is 5.74. The molecule has 0 aliphatic rings. The number of anilines is 2. The van der Waals surface area contributed by atoms with Crippen molar-refractivity contribution in [2.24, 2.45) is 11.5 Å². The maximum atomic E-state index is 11.4. The zero-order valence-electron chi connectivity index (χ0n) is 10.5. The van der Waals surface area contributed by atoms with Crippen molar-refractivity contribution in [1.82, 2.24) is 9.78 Å². The number of nitrogen functional groups attached to an aromatic ring is 1. The van der Waals surface area contributed by atoms with Crippen LogP contribution in [-0.2, 0) is 6.54 Å². The van der Waals surface area contributed by atoms with Crippen LogP contribution in [0.25, 0.3) is 0 Å². The third-order valence-electron chi connectivity index (χ3n) is 2.60. The molecular formula is C11H14N6O2S. The van der Waals surface area contributed by atoms with Gasteiger partial charge in [0.25, 0.3) is 11.8 Å². The summed E-state index contributed by atoms with van der Waals surface area (Å²) in [6.45, 7) is 1.09. The van der Waals surface area contributed by atoms with Gasteiger partial charge in [0.15, 0.2) is 0 Å². The lowest BCUT2D eigenvalue weighted by molar-refractivity contribution is 0.0999. The second-order valence-corrected chi connectivity index (χ2v) is 4.99. The highest BCUT2D eigenvalue weighted by molar-refractivity contribution is 7.19. The second-order valence-electron chi connectivity index (χ2n) is 3.97. The molecule has 0 saturated carbocycles. The molecular weight excluding hydrogens is 280 g/mol. The number of amides is 2. The van der Waals surface area contributed by atoms with E-state index in [0.717, 1.165) is 11.3 Å². The molecule has 2 rings (SSSR count). The molecule has 0 fully saturated rings. The molecule has 0 aliphatic carbocycles. The molecule has 20 heavy (non-hydrogen) atoms. The highest BCUT2D eigenvalue weighted by Gasteiger charge is 2.22. The summed E-state index contributed by atoms with van der Waals surface area (Å²) in [6, 6.07) is 1.81. The minimum Gasteiger partial charge on any atom is -0.397 e. The SMILES string of the molecule is NC(=O)c1sc(NCCn2cccn2)c(C(N)=O)c1N. The smallest absolute Gasteiger partial charge is 0.260 e. The fourth-order valence-corrected chi connectivity index (χ4v) is 2.72. The summed E-state index contributed by atoms with van der Waals surface area (Å²) in [5.74, 6) is -1.39. The number of aromatic nitrogens is 2. The fourth-order valence-electron chi connectivity index (χ4n) is 1.71. The Bertz CT molecular complexity index is 634. The maximum Gasteiger partial charge on any atom is 0.260 e. The van der Waals surface area contributed by atoms with Gasteiger partial charge in [-0.1, -0.05) is 0 Å². The van der Waals surface area contributed by atoms with Crippen molar-refractivity contribution in [1.29, 1.82) is 0 Å². The summed E-state index contributed by atoms with van der Waals surface area (Å²) < 4.78 is 1.73. The number of hydrogen-bond donors (Lipinski definition) is 4. The van der Waals surface area contributed by atoms with Crippen LogP contribution in [-0.4, -0.2) is 28.1 Å². The number of carbonyl (C=O) groups excluding carboxylic acids is 2. The number of hydrogen-bond acceptors (Lipinski definition) is 6. The number of nitrogens with one attached hydrogen (secondary N) is 1. The average molecular weight is 294 g/mol. The van der Waals surface area contributed by atoms with Crippen molar-refractivity contribution in [3.63, 3.8) is 0 Å². The summed E-state index contributed by atoms with van der Waals surface area (Å²) >= 11 is 1.02. The molecule has 9 heteroatoms. The molecule has 2 amide bonds. The molecule has 0 bridgehead atoms. The Labute approximate surface area is 118 Å². The standard InChI is InChI=1S/C11H14N6O2S/c12-7-6(9(13)18)11(20-8(7)10(14)19)15-3-5-17-4-1-2-16-17/h1-2,4,15H,3,5,12H2,(H2,13,18)(H2,14,19). The number of rotatable bonds is 6. The highest BCUT2D eigenvalue weighted by Crippen LogP contribution is 2.34. The number of primary amides is 2. The molecule has 2 heterocycles. The Kier molecular flexibility index (Phi) is 3.89. The third-order valence-corrected chi connectivity index (χ3v) is 3.78. The minimum atomic E-state index is -0.701. The molecule has 0 atom stereocenters. The molecule has 106 valence electrons. The zero-order chi connectivity index (χ0) is 14.7. The van der Waals surface area contributed by atoms with E-state index in [4.69, 9.17) is 17.2 Å². The van der Waals surface area contributed by atoms with E-state index >= 15 is 0 Å². The zero-order valence-corrected chi connectivity index (χ0v) is 11.3. The maximum absolute atomic E-state index is 11.4. The van der Waals surface area contributed by atoms with Gasteiger partial charge in [-0.05, 0) is 6.07 Å². The lowest BCUT2D eigenvalue weighted by Crippen LogP contribution is -2.17. The Hall–Kier alpha value is -2.55. The van der Waals surface area contributed by atoms with Crippen LogP contribution < -0.4 is 22.5 Å². The van der Waals surface area contributed by atoms with Gasteiger partial charge in [0, 0.05) is 18.9 Å². The molecule has 8 nitrogen and oxygen atoms in total. The molecule has 0 radical (unpaired) electrons. The minimum absolute atomic E-state index is 0.0246. The van der Waals surface area contributed by atoms with Gasteiger partial charge in [-0.2, -0.15) is 5.10 Å². The molecule has 0 saturated heterocycles. The van der Waals surface area contributed by atoms with E-state index in [1.54, 1.807) is 10.9 Å². The summed E-state index contributed by atoms with van der Waals surface area (Å²) in [5, 5.41) is 7.50. The first kappa shape index (κ1) is 13.9. The fraction of sp³-hybridized carbons (Fsp3) is 0.182. The van der Waals surface area contributed by atoms with E-state index in [2.05, 4.69) is 10.4 Å². The van der Waals surface area contributed by atoms with Gasteiger partial charge in [-0.3, -0.25) is 14.3 Å². The van der Waals surface area contributed by atoms with Gasteiger partial charge in [0.05, 0.1) is 17.8 Å². The van der Waals surface area contributed by atoms with Gasteiger partial charge in [-0.25, -0.2) is 0 Å². The van der Waals surface area contributed by atoms with E-state index in [9.17, 15) is 9.59 Å². The molecule has 0 aromatic carbocycles. The van der Waals surface area contributed by atoms with Crippen molar-refractivity contribution in [2.45, 2.75) is 6.54 Å². The van der Waals surface area contributed by atoms with Crippen LogP contribution >= 0.6 is 11.3 Å². The second kappa shape index (κ2) is 5.61. The van der Waals surface area contributed by atoms with Gasteiger partial charge in [0.2, 0.25) is 0 Å². The van der Waals surface area contributed by atoms with Crippen LogP contribution in [0.5, 0.6) is 0 Å². The van der Waals surface area contributed by atoms with Gasteiger partial charge in [-0.15, -0.1) is 11.3 Å². The van der Waals surface area contributed by atoms with Crippen molar-refractivity contribution < 1.29 is 9.59 Å². The van der Waals surface area contributed by atoms with Crippen molar-refractivity contribution in [3.05, 3.63) is 28.9 Å². The topological polar surface area (TPSA) is 142 Å². The monoisotopic (exact) mass is 294 g/mol. The molecule has 0 unspecified atom stereocenters. The van der Waals surface area contributed by atoms with Crippen molar-refractivity contribution in [2.75, 3.05) is 17.6 Å². The predicted molar refractivity (Wildman–Crippen MR) is 76.5 cm³/mol. The normalized spacial score (nSPS) is 10.4. The Morgan fingerprint density at radius 3 is 2.65 bits per heavy atom. The van der Waals surface area contributed by atoms with Crippen LogP contribution in [0, 0.1) is 0 Å². The lowest BCUT2D eigenvalue weighted by Gasteiger charge is -2.06. The van der Waals surface area contributed by atoms with Crippen LogP contribution in [0.4, 0.5) is 10.7 Å². The Morgan fingerprint density at radius 1 is 1.35 bits per heavy atom. The summed E-state index contributed by atoms with van der Waals surface area (Å²) in [4.78, 5) is 22.8. The predicted octanol–water partition coefficient (Wildman–Crippen LogP) is -0.163. The number of thiophene rings is 1. The van der Waals surface area contributed by atoms with Crippen LogP contribution in [0.15, 0.2) is 18.5 Å². The summed E-state index contributed by atoms with van der Waals surface area (Å²) in [6.07, 6.45) is 3.48. The summed E-state index contributed by atoms with van der Waals surface area (Å²) in [5.41, 5.74) is 16.3. The molecule has 0 spiro atoms. The molecule has 2 aromatic heterocycles. The largest absolute Gasteiger partial charge is 0.397 e. The van der Waals surface area contributed by atoms with Gasteiger partial charge in [0.1, 0.15) is 9.88 Å². The van der Waals surface area contributed by atoms with Crippen LogP contribution in [0.2, 0.25) is 0 Å². The first-order valence-corrected chi connectivity index (χ1v) is 6.55. The van der Waals surface area contributed by atoms with Gasteiger partial charge < -0.3 is 22.5 Å². The molecule has 2 aromatic rings. The van der Waals surface area contributed by atoms with E-state index in [1.807, 2.05) is 12.3 Å². The summed E-state index contributed by atoms with van der Waals surface area (Å²) in [7, 11) is 0. The van der Waals surface area contributed by atoms with E-state index in [1.165, 1.54) is 0 Å².